The first-order valence-electron chi connectivity index (χ1n) is 13.9. The lowest BCUT2D eigenvalue weighted by molar-refractivity contribution is 0.0775. The van der Waals surface area contributed by atoms with Gasteiger partial charge in [-0.15, -0.1) is 0 Å². The molecule has 0 aliphatic carbocycles. The van der Waals surface area contributed by atoms with Crippen molar-refractivity contribution in [3.05, 3.63) is 53.7 Å². The summed E-state index contributed by atoms with van der Waals surface area (Å²) in [7, 11) is -1.88. The molecule has 3 heterocycles. The molecule has 15 heteroatoms. The molecule has 0 bridgehead atoms. The van der Waals surface area contributed by atoms with Gasteiger partial charge in [0.1, 0.15) is 10.8 Å². The number of nitrogens with one attached hydrogen (secondary N) is 3. The first-order valence-corrected chi connectivity index (χ1v) is 16.1. The van der Waals surface area contributed by atoms with Crippen LogP contribution < -0.4 is 25.0 Å². The largest absolute Gasteiger partial charge is 0.494 e. The van der Waals surface area contributed by atoms with E-state index in [9.17, 15) is 18.3 Å². The number of ether oxygens (including phenoxy) is 1. The first kappa shape index (κ1) is 30.4. The fourth-order valence-electron chi connectivity index (χ4n) is 5.39. The average Bonchev–Trinajstić information content (AvgIpc) is 2.99. The van der Waals surface area contributed by atoms with Crippen molar-refractivity contribution in [3.63, 3.8) is 0 Å². The molecule has 2 aromatic carbocycles. The Morgan fingerprint density at radius 3 is 2.35 bits per heavy atom. The summed E-state index contributed by atoms with van der Waals surface area (Å²) in [6.45, 7) is 4.46. The molecule has 0 spiro atoms. The van der Waals surface area contributed by atoms with E-state index in [0.717, 1.165) is 51.0 Å². The van der Waals surface area contributed by atoms with Gasteiger partial charge >= 0.3 is 6.09 Å². The Morgan fingerprint density at radius 1 is 1.00 bits per heavy atom. The zero-order valence-corrected chi connectivity index (χ0v) is 25.5. The second-order valence-corrected chi connectivity index (χ2v) is 12.6. The number of hydrogen-bond donors (Lipinski definition) is 4. The number of benzene rings is 2. The summed E-state index contributed by atoms with van der Waals surface area (Å²) in [6, 6.07) is 13.2. The van der Waals surface area contributed by atoms with Crippen molar-refractivity contribution in [2.24, 2.45) is 0 Å². The van der Waals surface area contributed by atoms with Crippen LogP contribution in [0.25, 0.3) is 0 Å². The highest BCUT2D eigenvalue weighted by atomic mass is 35.5. The van der Waals surface area contributed by atoms with Gasteiger partial charge in [0, 0.05) is 57.1 Å². The van der Waals surface area contributed by atoms with E-state index in [1.165, 1.54) is 11.1 Å². The number of anilines is 6. The molecule has 0 atom stereocenters. The summed E-state index contributed by atoms with van der Waals surface area (Å²) in [5, 5.41) is 15.7. The maximum absolute atomic E-state index is 11.8. The number of carboxylic acid groups (broad SMARTS) is 1. The van der Waals surface area contributed by atoms with Crippen molar-refractivity contribution < 1.29 is 23.1 Å². The van der Waals surface area contributed by atoms with Gasteiger partial charge in [-0.05, 0) is 37.1 Å². The van der Waals surface area contributed by atoms with Crippen LogP contribution in [0.2, 0.25) is 5.02 Å². The van der Waals surface area contributed by atoms with Crippen molar-refractivity contribution in [1.82, 2.24) is 19.8 Å². The molecule has 2 aliphatic heterocycles. The lowest BCUT2D eigenvalue weighted by atomic mass is 10.0. The van der Waals surface area contributed by atoms with Crippen LogP contribution in [0.3, 0.4) is 0 Å². The predicted molar refractivity (Wildman–Crippen MR) is 168 cm³/mol. The van der Waals surface area contributed by atoms with Crippen LogP contribution in [0.5, 0.6) is 5.75 Å². The molecule has 230 valence electrons. The molecule has 1 aromatic heterocycles. The van der Waals surface area contributed by atoms with Crippen LogP contribution in [0, 0.1) is 0 Å². The molecule has 3 aromatic rings. The van der Waals surface area contributed by atoms with Crippen LogP contribution in [0.15, 0.2) is 48.7 Å². The number of aromatic nitrogens is 2. The zero-order valence-electron chi connectivity index (χ0n) is 24.0. The molecule has 0 saturated carbocycles. The number of sulfonamides is 1. The molecule has 2 aliphatic rings. The van der Waals surface area contributed by atoms with Crippen LogP contribution in [-0.2, 0) is 10.0 Å². The summed E-state index contributed by atoms with van der Waals surface area (Å²) < 4.78 is 31.7. The van der Waals surface area contributed by atoms with E-state index in [4.69, 9.17) is 16.3 Å². The molecular formula is C28H35ClN8O5S. The van der Waals surface area contributed by atoms with Crippen LogP contribution in [-0.4, -0.2) is 98.1 Å². The van der Waals surface area contributed by atoms with Crippen molar-refractivity contribution in [1.29, 1.82) is 0 Å². The van der Waals surface area contributed by atoms with E-state index in [0.29, 0.717) is 47.8 Å². The van der Waals surface area contributed by atoms with Crippen molar-refractivity contribution in [2.75, 3.05) is 72.9 Å². The number of para-hydroxylation sites is 2. The minimum atomic E-state index is -3.49. The lowest BCUT2D eigenvalue weighted by Gasteiger charge is -2.42. The summed E-state index contributed by atoms with van der Waals surface area (Å²) in [5.41, 5.74) is 2.56. The number of methoxy groups -OCH3 is 1. The number of halogens is 1. The van der Waals surface area contributed by atoms with E-state index in [2.05, 4.69) is 35.1 Å². The lowest BCUT2D eigenvalue weighted by Crippen LogP contribution is -2.54. The SMILES string of the molecule is COc1cc(N2CCC(N3CCN(C(=O)O)CC3)CC2)ccc1Nc1ncc(Cl)c(Nc2ccccc2NS(C)(=O)=O)n1. The van der Waals surface area contributed by atoms with Gasteiger partial charge in [-0.3, -0.25) is 9.62 Å². The van der Waals surface area contributed by atoms with E-state index in [1.807, 2.05) is 18.2 Å². The van der Waals surface area contributed by atoms with Crippen LogP contribution in [0.1, 0.15) is 12.8 Å². The van der Waals surface area contributed by atoms with Crippen molar-refractivity contribution in [2.45, 2.75) is 18.9 Å². The molecule has 5 rings (SSSR count). The fourth-order valence-corrected chi connectivity index (χ4v) is 6.11. The van der Waals surface area contributed by atoms with E-state index in [-0.39, 0.29) is 11.0 Å². The van der Waals surface area contributed by atoms with Crippen LogP contribution >= 0.6 is 11.6 Å². The third kappa shape index (κ3) is 7.69. The molecular weight excluding hydrogens is 596 g/mol. The van der Waals surface area contributed by atoms with Crippen molar-refractivity contribution >= 4 is 62.2 Å². The van der Waals surface area contributed by atoms with Gasteiger partial charge < -0.3 is 30.3 Å². The Kier molecular flexibility index (Phi) is 9.28. The molecule has 43 heavy (non-hydrogen) atoms. The smallest absolute Gasteiger partial charge is 0.407 e. The Hall–Kier alpha value is -4.01. The number of hydrogen-bond acceptors (Lipinski definition) is 10. The molecule has 1 amide bonds. The normalized spacial score (nSPS) is 16.5. The molecule has 13 nitrogen and oxygen atoms in total. The number of carbonyl (C=O) groups is 1. The van der Waals surface area contributed by atoms with Gasteiger partial charge in [-0.2, -0.15) is 4.98 Å². The van der Waals surface area contributed by atoms with E-state index < -0.39 is 16.1 Å². The quantitative estimate of drug-likeness (QED) is 0.268. The van der Waals surface area contributed by atoms with Gasteiger partial charge in [0.2, 0.25) is 16.0 Å². The summed E-state index contributed by atoms with van der Waals surface area (Å²) in [5.74, 6) is 1.19. The Balaban J connectivity index is 1.24. The average molecular weight is 631 g/mol. The highest BCUT2D eigenvalue weighted by Gasteiger charge is 2.29. The second-order valence-electron chi connectivity index (χ2n) is 10.5. The standard InChI is InChI=1S/C28H35ClN8O5S/c1-42-25-17-20(35-11-9-19(10-12-35)36-13-15-37(16-14-36)28(38)39)7-8-24(25)32-27-30-18-21(29)26(33-27)31-22-5-3-4-6-23(22)34-43(2,40)41/h3-8,17-19,34H,9-16H2,1-2H3,(H,38,39)(H2,30,31,32,33). The number of piperidine rings is 1. The van der Waals surface area contributed by atoms with E-state index >= 15 is 0 Å². The van der Waals surface area contributed by atoms with Gasteiger partial charge in [0.25, 0.3) is 0 Å². The summed E-state index contributed by atoms with van der Waals surface area (Å²) in [4.78, 5) is 26.3. The van der Waals surface area contributed by atoms with Crippen molar-refractivity contribution in [3.8, 4) is 5.75 Å². The summed E-state index contributed by atoms with van der Waals surface area (Å²) >= 11 is 6.37. The third-order valence-corrected chi connectivity index (χ3v) is 8.45. The first-order chi connectivity index (χ1) is 20.6. The highest BCUT2D eigenvalue weighted by Crippen LogP contribution is 2.34. The fraction of sp³-hybridized carbons (Fsp3) is 0.393. The minimum absolute atomic E-state index is 0.259. The molecule has 2 fully saturated rings. The molecule has 0 unspecified atom stereocenters. The second kappa shape index (κ2) is 13.1. The predicted octanol–water partition coefficient (Wildman–Crippen LogP) is 4.26. The highest BCUT2D eigenvalue weighted by molar-refractivity contribution is 7.92. The maximum atomic E-state index is 11.8. The topological polar surface area (TPSA) is 152 Å². The minimum Gasteiger partial charge on any atom is -0.494 e. The zero-order chi connectivity index (χ0) is 30.6. The molecule has 2 saturated heterocycles. The molecule has 4 N–H and O–H groups in total. The van der Waals surface area contributed by atoms with Gasteiger partial charge in [0.05, 0.1) is 36.6 Å². The van der Waals surface area contributed by atoms with Gasteiger partial charge in [0.15, 0.2) is 5.82 Å². The van der Waals surface area contributed by atoms with E-state index in [1.54, 1.807) is 31.4 Å². The third-order valence-electron chi connectivity index (χ3n) is 7.58. The number of piperazine rings is 1. The maximum Gasteiger partial charge on any atom is 0.407 e. The Bertz CT molecular complexity index is 1560. The number of amides is 1. The monoisotopic (exact) mass is 630 g/mol. The summed E-state index contributed by atoms with van der Waals surface area (Å²) in [6.07, 6.45) is 3.71. The Morgan fingerprint density at radius 2 is 1.70 bits per heavy atom. The molecule has 0 radical (unpaired) electrons. The van der Waals surface area contributed by atoms with Crippen LogP contribution in [0.4, 0.5) is 39.3 Å². The number of rotatable bonds is 9. The van der Waals surface area contributed by atoms with Gasteiger partial charge in [-0.25, -0.2) is 18.2 Å². The number of nitrogens with zero attached hydrogens (tertiary/aromatic N) is 5. The Labute approximate surface area is 255 Å². The van der Waals surface area contributed by atoms with Gasteiger partial charge in [-0.1, -0.05) is 23.7 Å².